The zero-order valence-electron chi connectivity index (χ0n) is 10.9. The number of carboxylic acid groups (broad SMARTS) is 1. The molecule has 3 N–H and O–H groups in total. The van der Waals surface area contributed by atoms with Crippen molar-refractivity contribution in [3.8, 4) is 0 Å². The van der Waals surface area contributed by atoms with Gasteiger partial charge in [0.25, 0.3) is 0 Å². The van der Waals surface area contributed by atoms with E-state index in [1.807, 2.05) is 6.26 Å². The van der Waals surface area contributed by atoms with Crippen molar-refractivity contribution in [2.45, 2.75) is 38.3 Å². The van der Waals surface area contributed by atoms with Crippen molar-refractivity contribution in [2.75, 3.05) is 18.6 Å². The fourth-order valence-corrected chi connectivity index (χ4v) is 2.54. The number of carboxylic acids is 1. The Balaban J connectivity index is 2.46. The van der Waals surface area contributed by atoms with Crippen LogP contribution in [0.4, 0.5) is 0 Å². The van der Waals surface area contributed by atoms with Crippen LogP contribution in [-0.2, 0) is 9.59 Å². The molecule has 0 aromatic heterocycles. The summed E-state index contributed by atoms with van der Waals surface area (Å²) in [7, 11) is 0. The van der Waals surface area contributed by atoms with Crippen LogP contribution in [0.2, 0.25) is 0 Å². The highest BCUT2D eigenvalue weighted by Gasteiger charge is 2.28. The van der Waals surface area contributed by atoms with Crippen LogP contribution in [0.3, 0.4) is 0 Å². The summed E-state index contributed by atoms with van der Waals surface area (Å²) < 4.78 is 0. The molecule has 0 aromatic rings. The van der Waals surface area contributed by atoms with E-state index in [9.17, 15) is 9.59 Å². The standard InChI is InChI=1S/C12H22N2O3S/c1-8-3-5-13-10(7-8)11(15)14-9(12(16)17)4-6-18-2/h8-10,13H,3-7H2,1-2H3,(H,14,15)(H,16,17)/t8?,9-,10?/m0/s1. The first-order chi connectivity index (χ1) is 8.54. The summed E-state index contributed by atoms with van der Waals surface area (Å²) in [4.78, 5) is 23.0. The van der Waals surface area contributed by atoms with Gasteiger partial charge >= 0.3 is 5.97 Å². The van der Waals surface area contributed by atoms with Gasteiger partial charge in [-0.2, -0.15) is 11.8 Å². The molecule has 1 aliphatic heterocycles. The van der Waals surface area contributed by atoms with Crippen LogP contribution in [0.1, 0.15) is 26.2 Å². The van der Waals surface area contributed by atoms with E-state index in [0.717, 1.165) is 25.1 Å². The molecule has 0 spiro atoms. The lowest BCUT2D eigenvalue weighted by Crippen LogP contribution is -2.52. The number of carbonyl (C=O) groups is 2. The van der Waals surface area contributed by atoms with Crippen molar-refractivity contribution in [3.63, 3.8) is 0 Å². The quantitative estimate of drug-likeness (QED) is 0.664. The van der Waals surface area contributed by atoms with Gasteiger partial charge in [0.05, 0.1) is 6.04 Å². The van der Waals surface area contributed by atoms with Crippen molar-refractivity contribution in [3.05, 3.63) is 0 Å². The molecule has 104 valence electrons. The Morgan fingerprint density at radius 1 is 1.56 bits per heavy atom. The number of amides is 1. The summed E-state index contributed by atoms with van der Waals surface area (Å²) in [6, 6.07) is -1.02. The number of hydrogen-bond donors (Lipinski definition) is 3. The SMILES string of the molecule is CSCC[C@H](NC(=O)C1CC(C)CCN1)C(=O)O. The maximum atomic E-state index is 12.0. The van der Waals surface area contributed by atoms with Gasteiger partial charge in [0.15, 0.2) is 0 Å². The van der Waals surface area contributed by atoms with E-state index < -0.39 is 12.0 Å². The largest absolute Gasteiger partial charge is 0.480 e. The Bertz CT molecular complexity index is 299. The molecule has 3 atom stereocenters. The molecule has 2 unspecified atom stereocenters. The minimum Gasteiger partial charge on any atom is -0.480 e. The Morgan fingerprint density at radius 3 is 2.83 bits per heavy atom. The zero-order chi connectivity index (χ0) is 13.5. The Hall–Kier alpha value is -0.750. The first-order valence-corrected chi connectivity index (χ1v) is 7.69. The molecule has 0 radical (unpaired) electrons. The van der Waals surface area contributed by atoms with Crippen LogP contribution in [0.5, 0.6) is 0 Å². The lowest BCUT2D eigenvalue weighted by molar-refractivity contribution is -0.142. The molecule has 0 saturated carbocycles. The maximum absolute atomic E-state index is 12.0. The van der Waals surface area contributed by atoms with Crippen LogP contribution in [0.15, 0.2) is 0 Å². The minimum absolute atomic E-state index is 0.185. The Morgan fingerprint density at radius 2 is 2.28 bits per heavy atom. The van der Waals surface area contributed by atoms with Gasteiger partial charge < -0.3 is 15.7 Å². The number of hydrogen-bond acceptors (Lipinski definition) is 4. The molecule has 1 aliphatic rings. The van der Waals surface area contributed by atoms with Gasteiger partial charge in [-0.3, -0.25) is 4.79 Å². The van der Waals surface area contributed by atoms with Crippen molar-refractivity contribution < 1.29 is 14.7 Å². The number of piperidine rings is 1. The smallest absolute Gasteiger partial charge is 0.326 e. The van der Waals surface area contributed by atoms with E-state index in [1.165, 1.54) is 0 Å². The highest BCUT2D eigenvalue weighted by atomic mass is 32.2. The monoisotopic (exact) mass is 274 g/mol. The average Bonchev–Trinajstić information content (AvgIpc) is 2.33. The average molecular weight is 274 g/mol. The second-order valence-electron chi connectivity index (χ2n) is 4.82. The van der Waals surface area contributed by atoms with E-state index in [1.54, 1.807) is 11.8 Å². The third-order valence-corrected chi connectivity index (χ3v) is 3.85. The molecular formula is C12H22N2O3S. The van der Waals surface area contributed by atoms with E-state index in [0.29, 0.717) is 12.3 Å². The van der Waals surface area contributed by atoms with Crippen LogP contribution in [-0.4, -0.2) is 47.6 Å². The fourth-order valence-electron chi connectivity index (χ4n) is 2.07. The van der Waals surface area contributed by atoms with E-state index in [2.05, 4.69) is 17.6 Å². The third-order valence-electron chi connectivity index (χ3n) is 3.21. The number of rotatable bonds is 6. The van der Waals surface area contributed by atoms with Gasteiger partial charge in [0.1, 0.15) is 6.04 Å². The molecule has 0 aromatic carbocycles. The van der Waals surface area contributed by atoms with E-state index in [-0.39, 0.29) is 11.9 Å². The summed E-state index contributed by atoms with van der Waals surface area (Å²) in [5.41, 5.74) is 0. The normalized spacial score (nSPS) is 25.4. The topological polar surface area (TPSA) is 78.4 Å². The maximum Gasteiger partial charge on any atom is 0.326 e. The predicted octanol–water partition coefficient (Wildman–Crippen LogP) is 0.697. The van der Waals surface area contributed by atoms with Crippen LogP contribution >= 0.6 is 11.8 Å². The second kappa shape index (κ2) is 7.63. The van der Waals surface area contributed by atoms with Gasteiger partial charge in [-0.15, -0.1) is 0 Å². The summed E-state index contributed by atoms with van der Waals surface area (Å²) in [5, 5.41) is 14.8. The van der Waals surface area contributed by atoms with Gasteiger partial charge in [-0.1, -0.05) is 6.92 Å². The zero-order valence-corrected chi connectivity index (χ0v) is 11.8. The van der Waals surface area contributed by atoms with Gasteiger partial charge in [0, 0.05) is 0 Å². The lowest BCUT2D eigenvalue weighted by Gasteiger charge is -2.28. The Kier molecular flexibility index (Phi) is 6.49. The molecule has 1 fully saturated rings. The van der Waals surface area contributed by atoms with Crippen molar-refractivity contribution >= 4 is 23.6 Å². The highest BCUT2D eigenvalue weighted by molar-refractivity contribution is 7.98. The van der Waals surface area contributed by atoms with Crippen LogP contribution in [0.25, 0.3) is 0 Å². The van der Waals surface area contributed by atoms with Crippen LogP contribution in [0, 0.1) is 5.92 Å². The molecule has 1 amide bonds. The molecule has 1 rings (SSSR count). The van der Waals surface area contributed by atoms with E-state index >= 15 is 0 Å². The highest BCUT2D eigenvalue weighted by Crippen LogP contribution is 2.15. The van der Waals surface area contributed by atoms with E-state index in [4.69, 9.17) is 5.11 Å². The molecule has 1 heterocycles. The lowest BCUT2D eigenvalue weighted by atomic mass is 9.94. The predicted molar refractivity (Wildman–Crippen MR) is 72.8 cm³/mol. The van der Waals surface area contributed by atoms with Gasteiger partial charge in [-0.25, -0.2) is 4.79 Å². The summed E-state index contributed by atoms with van der Waals surface area (Å²) in [5.74, 6) is 0.0962. The molecular weight excluding hydrogens is 252 g/mol. The van der Waals surface area contributed by atoms with Gasteiger partial charge in [-0.05, 0) is 43.7 Å². The van der Waals surface area contributed by atoms with Crippen LogP contribution < -0.4 is 10.6 Å². The molecule has 0 aliphatic carbocycles. The third kappa shape index (κ3) is 4.86. The number of aliphatic carboxylic acids is 1. The minimum atomic E-state index is -0.957. The molecule has 5 nitrogen and oxygen atoms in total. The summed E-state index contributed by atoms with van der Waals surface area (Å²) in [6.07, 6.45) is 4.23. The first kappa shape index (κ1) is 15.3. The first-order valence-electron chi connectivity index (χ1n) is 6.30. The molecule has 6 heteroatoms. The van der Waals surface area contributed by atoms with Crippen molar-refractivity contribution in [1.29, 1.82) is 0 Å². The Labute approximate surface area is 112 Å². The van der Waals surface area contributed by atoms with Crippen molar-refractivity contribution in [1.82, 2.24) is 10.6 Å². The molecule has 1 saturated heterocycles. The number of carbonyl (C=O) groups excluding carboxylic acids is 1. The van der Waals surface area contributed by atoms with Crippen molar-refractivity contribution in [2.24, 2.45) is 5.92 Å². The summed E-state index contributed by atoms with van der Waals surface area (Å²) in [6.45, 7) is 2.94. The molecule has 18 heavy (non-hydrogen) atoms. The second-order valence-corrected chi connectivity index (χ2v) is 5.80. The summed E-state index contributed by atoms with van der Waals surface area (Å²) >= 11 is 1.58. The number of nitrogens with one attached hydrogen (secondary N) is 2. The fraction of sp³-hybridized carbons (Fsp3) is 0.833. The molecule has 0 bridgehead atoms. The van der Waals surface area contributed by atoms with Gasteiger partial charge in [0.2, 0.25) is 5.91 Å². The number of thioether (sulfide) groups is 1.